The second kappa shape index (κ2) is 13.6. The van der Waals surface area contributed by atoms with Gasteiger partial charge in [0.1, 0.15) is 11.8 Å². The number of hydrogen-bond donors (Lipinski definition) is 2. The number of carbonyl (C=O) groups excluding carboxylic acids is 2. The summed E-state index contributed by atoms with van der Waals surface area (Å²) in [7, 11) is -3.54. The number of benzene rings is 3. The molecule has 0 bridgehead atoms. The van der Waals surface area contributed by atoms with Crippen LogP contribution in [0.3, 0.4) is 0 Å². The Morgan fingerprint density at radius 2 is 1.50 bits per heavy atom. The quantitative estimate of drug-likeness (QED) is 0.225. The Bertz CT molecular complexity index is 1550. The summed E-state index contributed by atoms with van der Waals surface area (Å²) in [5, 5.41) is 2.95. The Morgan fingerprint density at radius 3 is 2.12 bits per heavy atom. The molecular weight excluding hydrogens is 550 g/mol. The fourth-order valence-corrected chi connectivity index (χ4v) is 6.06. The van der Waals surface area contributed by atoms with Crippen molar-refractivity contribution < 1.29 is 22.4 Å². The molecule has 8 nitrogen and oxygen atoms in total. The first-order valence-corrected chi connectivity index (χ1v) is 15.6. The number of nitrogens with zero attached hydrogens (tertiary/aromatic N) is 1. The Balaban J connectivity index is 1.34. The molecule has 1 atom stereocenters. The summed E-state index contributed by atoms with van der Waals surface area (Å²) < 4.78 is 33.1. The highest BCUT2D eigenvalue weighted by Crippen LogP contribution is 2.23. The van der Waals surface area contributed by atoms with Gasteiger partial charge >= 0.3 is 0 Å². The van der Waals surface area contributed by atoms with Gasteiger partial charge in [0.15, 0.2) is 0 Å². The third kappa shape index (κ3) is 8.18. The van der Waals surface area contributed by atoms with Crippen LogP contribution in [0.2, 0.25) is 0 Å². The van der Waals surface area contributed by atoms with E-state index < -0.39 is 16.1 Å². The third-order valence-electron chi connectivity index (χ3n) is 7.24. The molecule has 218 valence electrons. The molecule has 1 fully saturated rings. The Labute approximate surface area is 246 Å². The number of amides is 2. The lowest BCUT2D eigenvalue weighted by Crippen LogP contribution is -2.50. The monoisotopic (exact) mass is 585 g/mol. The normalized spacial score (nSPS) is 13.8. The van der Waals surface area contributed by atoms with E-state index in [1.165, 1.54) is 0 Å². The maximum atomic E-state index is 13.9. The van der Waals surface area contributed by atoms with E-state index in [4.69, 9.17) is 4.42 Å². The average molecular weight is 586 g/mol. The highest BCUT2D eigenvalue weighted by atomic mass is 32.2. The first-order valence-electron chi connectivity index (χ1n) is 14.2. The lowest BCUT2D eigenvalue weighted by molar-refractivity contribution is -0.141. The zero-order valence-corrected chi connectivity index (χ0v) is 24.1. The molecule has 0 spiro atoms. The van der Waals surface area contributed by atoms with E-state index >= 15 is 0 Å². The van der Waals surface area contributed by atoms with Crippen molar-refractivity contribution in [1.82, 2.24) is 14.9 Å². The smallest absolute Gasteiger partial charge is 0.243 e. The summed E-state index contributed by atoms with van der Waals surface area (Å²) in [6.07, 6.45) is 4.21. The van der Waals surface area contributed by atoms with E-state index in [0.29, 0.717) is 18.6 Å². The molecule has 1 aromatic heterocycles. The van der Waals surface area contributed by atoms with Gasteiger partial charge in [0.05, 0.1) is 17.7 Å². The Morgan fingerprint density at radius 1 is 0.833 bits per heavy atom. The lowest BCUT2D eigenvalue weighted by Gasteiger charge is -2.31. The number of aryl methyl sites for hydroxylation is 1. The van der Waals surface area contributed by atoms with Crippen LogP contribution in [-0.4, -0.2) is 37.2 Å². The molecule has 1 saturated carbocycles. The first-order chi connectivity index (χ1) is 20.4. The molecule has 0 aliphatic heterocycles. The summed E-state index contributed by atoms with van der Waals surface area (Å²) in [5.74, 6) is 0.192. The van der Waals surface area contributed by atoms with Crippen molar-refractivity contribution in [3.63, 3.8) is 0 Å². The van der Waals surface area contributed by atoms with E-state index in [9.17, 15) is 18.0 Å². The summed E-state index contributed by atoms with van der Waals surface area (Å²) in [6, 6.07) is 28.7. The highest BCUT2D eigenvalue weighted by molar-refractivity contribution is 7.89. The summed E-state index contributed by atoms with van der Waals surface area (Å²) >= 11 is 0. The second-order valence-electron chi connectivity index (χ2n) is 10.5. The molecule has 1 unspecified atom stereocenters. The maximum absolute atomic E-state index is 13.9. The molecule has 2 amide bonds. The molecule has 0 saturated heterocycles. The van der Waals surface area contributed by atoms with E-state index in [1.54, 1.807) is 47.6 Å². The summed E-state index contributed by atoms with van der Waals surface area (Å²) in [5.41, 5.74) is 2.70. The average Bonchev–Trinajstić information content (AvgIpc) is 3.65. The molecule has 2 N–H and O–H groups in total. The van der Waals surface area contributed by atoms with E-state index in [0.717, 1.165) is 29.5 Å². The SMILES string of the molecule is O=C(NCc1ccco1)C(Cc1ccccc1)N(Cc1ccccc1)C(=O)CCc1ccc(S(=O)(=O)NC2CC2)cc1. The minimum atomic E-state index is -3.54. The van der Waals surface area contributed by atoms with Gasteiger partial charge in [-0.05, 0) is 60.2 Å². The molecule has 5 rings (SSSR count). The predicted octanol–water partition coefficient (Wildman–Crippen LogP) is 4.61. The predicted molar refractivity (Wildman–Crippen MR) is 160 cm³/mol. The Kier molecular flexibility index (Phi) is 9.51. The molecular formula is C33H35N3O5S. The second-order valence-corrected chi connectivity index (χ2v) is 12.3. The molecule has 9 heteroatoms. The van der Waals surface area contributed by atoms with Crippen LogP contribution < -0.4 is 10.0 Å². The van der Waals surface area contributed by atoms with E-state index in [2.05, 4.69) is 10.0 Å². The minimum Gasteiger partial charge on any atom is -0.467 e. The third-order valence-corrected chi connectivity index (χ3v) is 8.78. The van der Waals surface area contributed by atoms with Gasteiger partial charge < -0.3 is 14.6 Å². The number of hydrogen-bond acceptors (Lipinski definition) is 5. The van der Waals surface area contributed by atoms with Gasteiger partial charge in [0.2, 0.25) is 21.8 Å². The van der Waals surface area contributed by atoms with Gasteiger partial charge in [0, 0.05) is 25.4 Å². The van der Waals surface area contributed by atoms with Crippen LogP contribution in [-0.2, 0) is 45.5 Å². The van der Waals surface area contributed by atoms with Crippen LogP contribution in [0.4, 0.5) is 0 Å². The number of nitrogens with one attached hydrogen (secondary N) is 2. The van der Waals surface area contributed by atoms with E-state index in [1.807, 2.05) is 60.7 Å². The van der Waals surface area contributed by atoms with Crippen molar-refractivity contribution in [3.05, 3.63) is 126 Å². The number of furan rings is 1. The van der Waals surface area contributed by atoms with Crippen molar-refractivity contribution in [3.8, 4) is 0 Å². The molecule has 42 heavy (non-hydrogen) atoms. The Hall–Kier alpha value is -4.21. The standard InChI is InChI=1S/C33H35N3O5S/c37-32(20-15-25-13-18-30(19-14-25)42(39,40)35-28-16-17-28)36(24-27-10-5-2-6-11-27)31(22-26-8-3-1-4-9-26)33(38)34-23-29-12-7-21-41-29/h1-14,18-19,21,28,31,35H,15-17,20,22-24H2,(H,34,38). The minimum absolute atomic E-state index is 0.0306. The summed E-state index contributed by atoms with van der Waals surface area (Å²) in [6.45, 7) is 0.491. The molecule has 0 radical (unpaired) electrons. The fourth-order valence-electron chi connectivity index (χ4n) is 4.76. The fraction of sp³-hybridized carbons (Fsp3) is 0.273. The highest BCUT2D eigenvalue weighted by Gasteiger charge is 2.31. The van der Waals surface area contributed by atoms with Crippen molar-refractivity contribution >= 4 is 21.8 Å². The van der Waals surface area contributed by atoms with Gasteiger partial charge in [-0.1, -0.05) is 72.8 Å². The van der Waals surface area contributed by atoms with Crippen LogP contribution in [0.25, 0.3) is 0 Å². The molecule has 1 aliphatic rings. The van der Waals surface area contributed by atoms with Crippen molar-refractivity contribution in [1.29, 1.82) is 0 Å². The van der Waals surface area contributed by atoms with Crippen LogP contribution in [0.15, 0.2) is 113 Å². The molecule has 4 aromatic rings. The number of sulfonamides is 1. The number of carbonyl (C=O) groups is 2. The van der Waals surface area contributed by atoms with Crippen LogP contribution >= 0.6 is 0 Å². The zero-order chi connectivity index (χ0) is 29.4. The topological polar surface area (TPSA) is 109 Å². The van der Waals surface area contributed by atoms with Gasteiger partial charge in [-0.15, -0.1) is 0 Å². The summed E-state index contributed by atoms with van der Waals surface area (Å²) in [4.78, 5) is 29.4. The van der Waals surface area contributed by atoms with Crippen molar-refractivity contribution in [2.45, 2.75) is 62.2 Å². The zero-order valence-electron chi connectivity index (χ0n) is 23.3. The molecule has 1 aliphatic carbocycles. The molecule has 3 aromatic carbocycles. The van der Waals surface area contributed by atoms with E-state index in [-0.39, 0.29) is 42.3 Å². The van der Waals surface area contributed by atoms with Gasteiger partial charge in [-0.2, -0.15) is 0 Å². The van der Waals surface area contributed by atoms with Crippen LogP contribution in [0.1, 0.15) is 41.7 Å². The van der Waals surface area contributed by atoms with Crippen LogP contribution in [0.5, 0.6) is 0 Å². The van der Waals surface area contributed by atoms with Crippen molar-refractivity contribution in [2.75, 3.05) is 0 Å². The van der Waals surface area contributed by atoms with Gasteiger partial charge in [-0.25, -0.2) is 13.1 Å². The largest absolute Gasteiger partial charge is 0.467 e. The van der Waals surface area contributed by atoms with Crippen molar-refractivity contribution in [2.24, 2.45) is 0 Å². The van der Waals surface area contributed by atoms with Gasteiger partial charge in [-0.3, -0.25) is 9.59 Å². The lowest BCUT2D eigenvalue weighted by atomic mass is 10.0. The first kappa shape index (κ1) is 29.3. The van der Waals surface area contributed by atoms with Crippen LogP contribution in [0, 0.1) is 0 Å². The molecule has 1 heterocycles. The maximum Gasteiger partial charge on any atom is 0.243 e. The number of rotatable bonds is 14. The van der Waals surface area contributed by atoms with Gasteiger partial charge in [0.25, 0.3) is 0 Å².